The highest BCUT2D eigenvalue weighted by Crippen LogP contribution is 2.15. The second kappa shape index (κ2) is 14.6. The highest BCUT2D eigenvalue weighted by Gasteiger charge is 2.33. The van der Waals surface area contributed by atoms with E-state index in [1.807, 2.05) is 0 Å². The summed E-state index contributed by atoms with van der Waals surface area (Å²) in [6.07, 6.45) is 8.38. The largest absolute Gasteiger partial charge is 0.502 e. The summed E-state index contributed by atoms with van der Waals surface area (Å²) in [5.74, 6) is 0. The molecule has 0 rings (SSSR count). The molecule has 0 fully saturated rings. The summed E-state index contributed by atoms with van der Waals surface area (Å²) in [5.41, 5.74) is 0. The molecule has 0 atom stereocenters. The number of rotatable bonds is 18. The van der Waals surface area contributed by atoms with Crippen LogP contribution in [0.25, 0.3) is 0 Å². The molecule has 0 saturated carbocycles. The summed E-state index contributed by atoms with van der Waals surface area (Å²) in [7, 11) is -3.64. The molecule has 7 heteroatoms. The average molecular weight is 391 g/mol. The van der Waals surface area contributed by atoms with Gasteiger partial charge in [0, 0.05) is 13.2 Å². The van der Waals surface area contributed by atoms with Gasteiger partial charge in [-0.1, -0.05) is 13.2 Å². The van der Waals surface area contributed by atoms with Crippen LogP contribution >= 0.6 is 0 Å². The molecule has 0 aliphatic rings. The molecule has 0 amide bonds. The van der Waals surface area contributed by atoms with Gasteiger partial charge in [-0.3, -0.25) is 0 Å². The third-order valence-corrected chi connectivity index (χ3v) is 9.51. The lowest BCUT2D eigenvalue weighted by atomic mass is 10.3. The van der Waals surface area contributed by atoms with Crippen LogP contribution in [0.1, 0.15) is 25.7 Å². The number of hydrogen-bond donors (Lipinski definition) is 0. The molecule has 0 aromatic carbocycles. The summed E-state index contributed by atoms with van der Waals surface area (Å²) in [4.78, 5) is 0. The van der Waals surface area contributed by atoms with Crippen molar-refractivity contribution in [1.82, 2.24) is 0 Å². The minimum absolute atomic E-state index is 0.710. The zero-order chi connectivity index (χ0) is 19.0. The van der Waals surface area contributed by atoms with E-state index in [0.717, 1.165) is 51.4 Å². The van der Waals surface area contributed by atoms with Crippen LogP contribution in [0.4, 0.5) is 0 Å². The summed E-state index contributed by atoms with van der Waals surface area (Å²) in [6, 6.07) is 0. The Morgan fingerprint density at radius 3 is 1.36 bits per heavy atom. The van der Waals surface area contributed by atoms with Crippen LogP contribution in [0.3, 0.4) is 0 Å². The van der Waals surface area contributed by atoms with Crippen LogP contribution in [-0.2, 0) is 23.1 Å². The molecule has 25 heavy (non-hydrogen) atoms. The highest BCUT2D eigenvalue weighted by atomic mass is 28.4. The van der Waals surface area contributed by atoms with Gasteiger partial charge in [-0.2, -0.15) is 0 Å². The Kier molecular flexibility index (Phi) is 14.2. The van der Waals surface area contributed by atoms with E-state index < -0.39 is 16.6 Å². The average Bonchev–Trinajstić information content (AvgIpc) is 2.52. The van der Waals surface area contributed by atoms with E-state index in [0.29, 0.717) is 13.2 Å². The molecule has 0 bridgehead atoms. The quantitative estimate of drug-likeness (QED) is 0.197. The Balaban J connectivity index is 3.80. The minimum Gasteiger partial charge on any atom is -0.502 e. The predicted molar refractivity (Wildman–Crippen MR) is 108 cm³/mol. The van der Waals surface area contributed by atoms with E-state index >= 15 is 0 Å². The topological polar surface area (TPSA) is 46.2 Å². The van der Waals surface area contributed by atoms with E-state index in [9.17, 15) is 0 Å². The van der Waals surface area contributed by atoms with Crippen LogP contribution in [0, 0.1) is 0 Å². The van der Waals surface area contributed by atoms with E-state index in [4.69, 9.17) is 23.1 Å². The van der Waals surface area contributed by atoms with Crippen molar-refractivity contribution < 1.29 is 23.1 Å². The van der Waals surface area contributed by atoms with Crippen molar-refractivity contribution in [3.8, 4) is 0 Å². The van der Waals surface area contributed by atoms with Crippen LogP contribution < -0.4 is 0 Å². The van der Waals surface area contributed by atoms with Gasteiger partial charge in [0.2, 0.25) is 0 Å². The van der Waals surface area contributed by atoms with Crippen LogP contribution in [-0.4, -0.2) is 55.5 Å². The SMILES string of the molecule is C=COCCCCOC[Si](C)(C)O[Si](C)(C)COCCCCOC=C. The van der Waals surface area contributed by atoms with E-state index in [1.54, 1.807) is 0 Å². The molecule has 0 N–H and O–H groups in total. The van der Waals surface area contributed by atoms with Gasteiger partial charge in [0.25, 0.3) is 0 Å². The zero-order valence-electron chi connectivity index (χ0n) is 16.7. The van der Waals surface area contributed by atoms with E-state index in [1.165, 1.54) is 12.5 Å². The third-order valence-electron chi connectivity index (χ3n) is 3.29. The molecule has 0 radical (unpaired) electrons. The van der Waals surface area contributed by atoms with Gasteiger partial charge in [0.1, 0.15) is 0 Å². The Morgan fingerprint density at radius 2 is 1.00 bits per heavy atom. The van der Waals surface area contributed by atoms with Gasteiger partial charge in [-0.25, -0.2) is 0 Å². The Morgan fingerprint density at radius 1 is 0.640 bits per heavy atom. The van der Waals surface area contributed by atoms with Crippen LogP contribution in [0.15, 0.2) is 25.7 Å². The van der Waals surface area contributed by atoms with Crippen LogP contribution in [0.5, 0.6) is 0 Å². The molecule has 0 aromatic rings. The second-order valence-corrected chi connectivity index (χ2v) is 15.6. The van der Waals surface area contributed by atoms with Gasteiger partial charge < -0.3 is 23.1 Å². The zero-order valence-corrected chi connectivity index (χ0v) is 18.7. The van der Waals surface area contributed by atoms with Crippen molar-refractivity contribution in [3.63, 3.8) is 0 Å². The molecule has 0 aliphatic heterocycles. The van der Waals surface area contributed by atoms with E-state index in [-0.39, 0.29) is 0 Å². The monoisotopic (exact) mass is 390 g/mol. The molecule has 0 saturated heterocycles. The molecule has 0 aromatic heterocycles. The maximum absolute atomic E-state index is 6.47. The first-order valence-corrected chi connectivity index (χ1v) is 15.4. The molecule has 0 unspecified atom stereocenters. The first kappa shape index (κ1) is 24.4. The summed E-state index contributed by atoms with van der Waals surface area (Å²) >= 11 is 0. The lowest BCUT2D eigenvalue weighted by Gasteiger charge is -2.33. The highest BCUT2D eigenvalue weighted by molar-refractivity contribution is 6.84. The van der Waals surface area contributed by atoms with Gasteiger partial charge in [-0.15, -0.1) is 0 Å². The molecular formula is C18H38O5Si2. The smallest absolute Gasteiger partial charge is 0.199 e. The van der Waals surface area contributed by atoms with Crippen molar-refractivity contribution in [2.24, 2.45) is 0 Å². The Hall–Kier alpha value is -0.606. The summed E-state index contributed by atoms with van der Waals surface area (Å²) in [5, 5.41) is 0. The molecule has 148 valence electrons. The molecule has 5 nitrogen and oxygen atoms in total. The number of hydrogen-bond acceptors (Lipinski definition) is 5. The molecular weight excluding hydrogens is 352 g/mol. The van der Waals surface area contributed by atoms with Gasteiger partial charge in [0.15, 0.2) is 16.6 Å². The molecule has 0 heterocycles. The fourth-order valence-corrected chi connectivity index (χ4v) is 10.1. The second-order valence-electron chi connectivity index (χ2n) is 7.22. The minimum atomic E-state index is -1.82. The van der Waals surface area contributed by atoms with Crippen molar-refractivity contribution in [1.29, 1.82) is 0 Å². The standard InChI is InChI=1S/C18H38O5Si2/c1-7-19-13-9-11-15-21-17-24(3,4)23-25(5,6)18-22-16-12-10-14-20-8-2/h7-8H,1-2,9-18H2,3-6H3. The normalized spacial score (nSPS) is 12.0. The lowest BCUT2D eigenvalue weighted by molar-refractivity contribution is 0.141. The molecule has 0 aliphatic carbocycles. The maximum Gasteiger partial charge on any atom is 0.199 e. The number of unbranched alkanes of at least 4 members (excludes halogenated alkanes) is 2. The van der Waals surface area contributed by atoms with Crippen molar-refractivity contribution in [2.75, 3.05) is 38.9 Å². The Labute approximate surface area is 156 Å². The van der Waals surface area contributed by atoms with Crippen molar-refractivity contribution in [3.05, 3.63) is 25.7 Å². The fraction of sp³-hybridized carbons (Fsp3) is 0.778. The van der Waals surface area contributed by atoms with Gasteiger partial charge >= 0.3 is 0 Å². The van der Waals surface area contributed by atoms with Gasteiger partial charge in [-0.05, 0) is 51.9 Å². The predicted octanol–water partition coefficient (Wildman–Crippen LogP) is 4.41. The van der Waals surface area contributed by atoms with Crippen molar-refractivity contribution >= 4 is 16.6 Å². The first-order valence-electron chi connectivity index (χ1n) is 9.14. The van der Waals surface area contributed by atoms with E-state index in [2.05, 4.69) is 39.3 Å². The summed E-state index contributed by atoms with van der Waals surface area (Å²) in [6.45, 7) is 18.8. The summed E-state index contributed by atoms with van der Waals surface area (Å²) < 4.78 is 28.3. The first-order chi connectivity index (χ1) is 11.8. The Bertz CT molecular complexity index is 316. The maximum atomic E-state index is 6.47. The van der Waals surface area contributed by atoms with Crippen LogP contribution in [0.2, 0.25) is 26.2 Å². The number of ether oxygens (including phenoxy) is 4. The van der Waals surface area contributed by atoms with Gasteiger partial charge in [0.05, 0.1) is 38.2 Å². The lowest BCUT2D eigenvalue weighted by Crippen LogP contribution is -2.50. The fourth-order valence-electron chi connectivity index (χ4n) is 2.39. The van der Waals surface area contributed by atoms with Crippen molar-refractivity contribution in [2.45, 2.75) is 51.9 Å². The third kappa shape index (κ3) is 16.6. The molecule has 0 spiro atoms.